The first-order valence-corrected chi connectivity index (χ1v) is 10.8. The first-order chi connectivity index (χ1) is 13.3. The van der Waals surface area contributed by atoms with Gasteiger partial charge in [0.15, 0.2) is 0 Å². The Labute approximate surface area is 170 Å². The summed E-state index contributed by atoms with van der Waals surface area (Å²) < 4.78 is 0. The summed E-state index contributed by atoms with van der Waals surface area (Å²) in [5.41, 5.74) is -0.755. The van der Waals surface area contributed by atoms with E-state index in [0.29, 0.717) is 12.3 Å². The Bertz CT molecular complexity index is 740. The topological polar surface area (TPSA) is 90.5 Å². The predicted octanol–water partition coefficient (Wildman–Crippen LogP) is 2.93. The molecule has 28 heavy (non-hydrogen) atoms. The molecule has 8 heteroatoms. The number of nitrogens with one attached hydrogen (secondary N) is 3. The lowest BCUT2D eigenvalue weighted by molar-refractivity contribution is -0.127. The highest BCUT2D eigenvalue weighted by Gasteiger charge is 2.51. The number of hydrogen-bond acceptors (Lipinski definition) is 5. The second kappa shape index (κ2) is 8.61. The normalized spacial score (nSPS) is 23.7. The molecule has 7 nitrogen and oxygen atoms in total. The molecular weight excluding hydrogens is 376 g/mol. The molecule has 4 amide bonds. The van der Waals surface area contributed by atoms with Crippen molar-refractivity contribution in [1.29, 1.82) is 0 Å². The smallest absolute Gasteiger partial charge is 0.322 e. The molecule has 3 N–H and O–H groups in total. The Kier molecular flexibility index (Phi) is 6.40. The van der Waals surface area contributed by atoms with Gasteiger partial charge in [-0.05, 0) is 62.7 Å². The number of nitrogens with zero attached hydrogens (tertiary/aromatic N) is 1. The van der Waals surface area contributed by atoms with Crippen molar-refractivity contribution in [2.45, 2.75) is 58.5 Å². The van der Waals surface area contributed by atoms with E-state index in [4.69, 9.17) is 0 Å². The summed E-state index contributed by atoms with van der Waals surface area (Å²) >= 11 is 1.60. The summed E-state index contributed by atoms with van der Waals surface area (Å²) in [6.45, 7) is 8.42. The van der Waals surface area contributed by atoms with Gasteiger partial charge in [-0.25, -0.2) is 4.79 Å². The molecule has 1 atom stereocenters. The Morgan fingerprint density at radius 2 is 2.04 bits per heavy atom. The van der Waals surface area contributed by atoms with Gasteiger partial charge in [0.05, 0.1) is 5.00 Å². The van der Waals surface area contributed by atoms with Crippen LogP contribution in [0.25, 0.3) is 0 Å². The van der Waals surface area contributed by atoms with Crippen molar-refractivity contribution in [3.63, 3.8) is 0 Å². The highest BCUT2D eigenvalue weighted by Crippen LogP contribution is 2.36. The molecule has 1 aromatic rings. The van der Waals surface area contributed by atoms with E-state index in [1.54, 1.807) is 11.3 Å². The average molecular weight is 407 g/mol. The molecule has 154 valence electrons. The number of carbonyl (C=O) groups is 3. The molecule has 1 aromatic heterocycles. The zero-order chi connectivity index (χ0) is 20.3. The van der Waals surface area contributed by atoms with Crippen molar-refractivity contribution in [3.8, 4) is 0 Å². The minimum atomic E-state index is -0.755. The van der Waals surface area contributed by atoms with Crippen LogP contribution in [0.4, 0.5) is 9.80 Å². The molecule has 2 aliphatic rings. The highest BCUT2D eigenvalue weighted by atomic mass is 32.1. The number of carbonyl (C=O) groups excluding carboxylic acids is 3. The minimum absolute atomic E-state index is 0.0576. The van der Waals surface area contributed by atoms with E-state index in [1.807, 2.05) is 6.07 Å². The van der Waals surface area contributed by atoms with E-state index in [9.17, 15) is 14.4 Å². The monoisotopic (exact) mass is 406 g/mol. The van der Waals surface area contributed by atoms with E-state index in [2.05, 4.69) is 40.8 Å². The van der Waals surface area contributed by atoms with Crippen LogP contribution in [-0.2, 0) is 16.1 Å². The van der Waals surface area contributed by atoms with Gasteiger partial charge < -0.3 is 10.6 Å². The third-order valence-electron chi connectivity index (χ3n) is 5.71. The molecule has 3 heterocycles. The third kappa shape index (κ3) is 4.72. The summed E-state index contributed by atoms with van der Waals surface area (Å²) in [4.78, 5) is 39.3. The van der Waals surface area contributed by atoms with E-state index in [0.717, 1.165) is 43.9 Å². The summed E-state index contributed by atoms with van der Waals surface area (Å²) in [7, 11) is 0. The number of rotatable bonds is 7. The van der Waals surface area contributed by atoms with Gasteiger partial charge in [-0.2, -0.15) is 0 Å². The van der Waals surface area contributed by atoms with Gasteiger partial charge in [0.2, 0.25) is 5.91 Å². The maximum Gasteiger partial charge on any atom is 0.322 e. The van der Waals surface area contributed by atoms with Gasteiger partial charge in [-0.15, -0.1) is 11.3 Å². The molecule has 0 radical (unpaired) electrons. The van der Waals surface area contributed by atoms with Crippen LogP contribution in [0.2, 0.25) is 0 Å². The summed E-state index contributed by atoms with van der Waals surface area (Å²) in [5.74, 6) is 0.429. The van der Waals surface area contributed by atoms with Crippen LogP contribution in [0, 0.1) is 11.8 Å². The molecule has 2 fully saturated rings. The number of hydrogen-bond donors (Lipinski definition) is 3. The van der Waals surface area contributed by atoms with Crippen molar-refractivity contribution in [3.05, 3.63) is 17.0 Å². The lowest BCUT2D eigenvalue weighted by atomic mass is 9.74. The first-order valence-electron chi connectivity index (χ1n) is 10.0. The van der Waals surface area contributed by atoms with E-state index in [-0.39, 0.29) is 23.8 Å². The second-order valence-corrected chi connectivity index (χ2v) is 9.48. The molecule has 3 rings (SSSR count). The van der Waals surface area contributed by atoms with Crippen molar-refractivity contribution >= 4 is 34.2 Å². The number of thiophene rings is 1. The fourth-order valence-corrected chi connectivity index (χ4v) is 5.19. The molecule has 0 aromatic carbocycles. The molecule has 0 aliphatic carbocycles. The fourth-order valence-electron chi connectivity index (χ4n) is 4.20. The van der Waals surface area contributed by atoms with Crippen LogP contribution in [0.5, 0.6) is 0 Å². The minimum Gasteiger partial charge on any atom is -0.323 e. The van der Waals surface area contributed by atoms with Gasteiger partial charge in [0.25, 0.3) is 5.91 Å². The van der Waals surface area contributed by atoms with E-state index < -0.39 is 5.54 Å². The Hall–Kier alpha value is -1.93. The number of anilines is 1. The average Bonchev–Trinajstić information content (AvgIpc) is 3.17. The molecule has 1 unspecified atom stereocenters. The summed E-state index contributed by atoms with van der Waals surface area (Å²) in [6.07, 6.45) is 3.37. The lowest BCUT2D eigenvalue weighted by Gasteiger charge is -2.41. The molecule has 2 aliphatic heterocycles. The number of urea groups is 1. The zero-order valence-corrected chi connectivity index (χ0v) is 17.7. The van der Waals surface area contributed by atoms with Crippen LogP contribution in [0.1, 0.15) is 51.3 Å². The lowest BCUT2D eigenvalue weighted by Crippen LogP contribution is -2.56. The van der Waals surface area contributed by atoms with Gasteiger partial charge in [-0.3, -0.25) is 19.8 Å². The Morgan fingerprint density at radius 3 is 2.61 bits per heavy atom. The maximum absolute atomic E-state index is 12.6. The van der Waals surface area contributed by atoms with Gasteiger partial charge >= 0.3 is 6.03 Å². The van der Waals surface area contributed by atoms with Crippen molar-refractivity contribution in [1.82, 2.24) is 15.5 Å². The summed E-state index contributed by atoms with van der Waals surface area (Å²) in [6, 6.07) is 3.63. The SMILES string of the molecule is CC(=O)Nc1ccc(CN2CCC(C3(CCC(C)C)NC(=O)NC3=O)CC2)s1. The second-order valence-electron chi connectivity index (χ2n) is 8.31. The van der Waals surface area contributed by atoms with Crippen molar-refractivity contribution in [2.75, 3.05) is 18.4 Å². The van der Waals surface area contributed by atoms with Crippen LogP contribution >= 0.6 is 11.3 Å². The Morgan fingerprint density at radius 1 is 1.32 bits per heavy atom. The molecule has 0 bridgehead atoms. The predicted molar refractivity (Wildman–Crippen MR) is 110 cm³/mol. The quantitative estimate of drug-likeness (QED) is 0.607. The highest BCUT2D eigenvalue weighted by molar-refractivity contribution is 7.16. The molecular formula is C20H30N4O3S. The molecule has 0 spiro atoms. The number of piperidine rings is 1. The summed E-state index contributed by atoms with van der Waals surface area (Å²) in [5, 5.41) is 9.13. The number of likely N-dealkylation sites (tertiary alicyclic amines) is 1. The Balaban J connectivity index is 1.59. The van der Waals surface area contributed by atoms with Crippen molar-refractivity contribution < 1.29 is 14.4 Å². The molecule has 2 saturated heterocycles. The van der Waals surface area contributed by atoms with Gasteiger partial charge in [0.1, 0.15) is 5.54 Å². The van der Waals surface area contributed by atoms with Crippen molar-refractivity contribution in [2.24, 2.45) is 11.8 Å². The van der Waals surface area contributed by atoms with E-state index >= 15 is 0 Å². The number of amides is 4. The number of imide groups is 1. The van der Waals surface area contributed by atoms with Gasteiger partial charge in [0, 0.05) is 18.3 Å². The maximum atomic E-state index is 12.6. The van der Waals surface area contributed by atoms with Crippen LogP contribution in [0.15, 0.2) is 12.1 Å². The van der Waals surface area contributed by atoms with Gasteiger partial charge in [-0.1, -0.05) is 13.8 Å². The van der Waals surface area contributed by atoms with Crippen LogP contribution < -0.4 is 16.0 Å². The van der Waals surface area contributed by atoms with Crippen LogP contribution in [0.3, 0.4) is 0 Å². The fraction of sp³-hybridized carbons (Fsp3) is 0.650. The first kappa shape index (κ1) is 20.8. The standard InChI is InChI=1S/C20H30N4O3S/c1-13(2)6-9-20(18(26)22-19(27)23-20)15-7-10-24(11-8-15)12-16-4-5-17(28-16)21-14(3)25/h4-5,13,15H,6-12H2,1-3H3,(H,21,25)(H2,22,23,26,27). The molecule has 0 saturated carbocycles. The van der Waals surface area contributed by atoms with E-state index in [1.165, 1.54) is 11.8 Å². The largest absolute Gasteiger partial charge is 0.323 e. The zero-order valence-electron chi connectivity index (χ0n) is 16.8. The van der Waals surface area contributed by atoms with Crippen LogP contribution in [-0.4, -0.2) is 41.4 Å². The third-order valence-corrected chi connectivity index (χ3v) is 6.70.